The highest BCUT2D eigenvalue weighted by molar-refractivity contribution is 6.25. The van der Waals surface area contributed by atoms with Crippen molar-refractivity contribution in [2.45, 2.75) is 0 Å². The van der Waals surface area contributed by atoms with Gasteiger partial charge in [0.25, 0.3) is 0 Å². The van der Waals surface area contributed by atoms with Crippen molar-refractivity contribution in [3.8, 4) is 33.6 Å². The molecule has 4 aromatic heterocycles. The Morgan fingerprint density at radius 2 is 1.04 bits per heavy atom. The lowest BCUT2D eigenvalue weighted by molar-refractivity contribution is 0.666. The maximum Gasteiger partial charge on any atom is 0.152 e. The summed E-state index contributed by atoms with van der Waals surface area (Å²) in [6.07, 6.45) is 2.10. The molecule has 12 aromatic rings. The first-order chi connectivity index (χ1) is 26.7. The molecule has 0 bridgehead atoms. The average Bonchev–Trinajstić information content (AvgIpc) is 3.80. The molecular weight excluding hydrogens is 661 g/mol. The second-order valence-corrected chi connectivity index (χ2v) is 14.0. The van der Waals surface area contributed by atoms with E-state index in [4.69, 9.17) is 19.4 Å². The summed E-state index contributed by atoms with van der Waals surface area (Å²) in [7, 11) is 0. The van der Waals surface area contributed by atoms with Gasteiger partial charge in [-0.3, -0.25) is 4.40 Å². The highest BCUT2D eigenvalue weighted by Crippen LogP contribution is 2.40. The molecule has 5 heteroatoms. The van der Waals surface area contributed by atoms with E-state index >= 15 is 0 Å². The Morgan fingerprint density at radius 3 is 1.83 bits per heavy atom. The number of imidazole rings is 1. The Hall–Kier alpha value is -7.37. The van der Waals surface area contributed by atoms with Gasteiger partial charge in [0.05, 0.1) is 39.7 Å². The molecule has 250 valence electrons. The van der Waals surface area contributed by atoms with E-state index < -0.39 is 0 Å². The van der Waals surface area contributed by atoms with Crippen molar-refractivity contribution in [3.05, 3.63) is 170 Å². The van der Waals surface area contributed by atoms with Crippen molar-refractivity contribution in [1.29, 1.82) is 0 Å². The lowest BCUT2D eigenvalue weighted by atomic mass is 9.94. The van der Waals surface area contributed by atoms with Crippen LogP contribution in [0.2, 0.25) is 0 Å². The van der Waals surface area contributed by atoms with Crippen LogP contribution in [0.15, 0.2) is 174 Å². The van der Waals surface area contributed by atoms with Crippen LogP contribution in [0.3, 0.4) is 0 Å². The topological polar surface area (TPSA) is 56.2 Å². The van der Waals surface area contributed by atoms with E-state index in [9.17, 15) is 0 Å². The minimum absolute atomic E-state index is 0.846. The van der Waals surface area contributed by atoms with Crippen LogP contribution in [0.1, 0.15) is 0 Å². The van der Waals surface area contributed by atoms with Crippen LogP contribution < -0.4 is 0 Å². The van der Waals surface area contributed by atoms with Gasteiger partial charge in [-0.1, -0.05) is 133 Å². The summed E-state index contributed by atoms with van der Waals surface area (Å²) >= 11 is 0. The van der Waals surface area contributed by atoms with Gasteiger partial charge >= 0.3 is 0 Å². The molecule has 54 heavy (non-hydrogen) atoms. The quantitative estimate of drug-likeness (QED) is 0.173. The Morgan fingerprint density at radius 1 is 0.389 bits per heavy atom. The van der Waals surface area contributed by atoms with Gasteiger partial charge in [-0.2, -0.15) is 0 Å². The number of furan rings is 1. The summed E-state index contributed by atoms with van der Waals surface area (Å²) in [6, 6.07) is 57.4. The summed E-state index contributed by atoms with van der Waals surface area (Å²) in [6.45, 7) is 0. The largest absolute Gasteiger partial charge is 0.455 e. The van der Waals surface area contributed by atoms with Gasteiger partial charge in [0.1, 0.15) is 11.2 Å². The van der Waals surface area contributed by atoms with Gasteiger partial charge in [-0.25, -0.2) is 15.0 Å². The summed E-state index contributed by atoms with van der Waals surface area (Å²) in [5.41, 5.74) is 12.6. The maximum absolute atomic E-state index is 6.32. The molecule has 0 aliphatic rings. The third-order valence-corrected chi connectivity index (χ3v) is 10.9. The highest BCUT2D eigenvalue weighted by atomic mass is 16.3. The molecule has 5 nitrogen and oxygen atoms in total. The van der Waals surface area contributed by atoms with Crippen molar-refractivity contribution in [2.75, 3.05) is 0 Å². The van der Waals surface area contributed by atoms with Crippen LogP contribution >= 0.6 is 0 Å². The standard InChI is InChI=1S/C49H28N4O/c1-3-11-30(12-4-1)45-46(31-13-5-2-6-14-31)52-47-38-25-32(20-19-29(38)22-24-41(47)50-45)33-21-23-37-39(26-33)34-15-7-8-17-36(34)48-49(37)53-28-43-40(27-44(53)51-48)35-16-9-10-18-42(35)54-43/h1-28H. The number of para-hydroxylation sites is 1. The van der Waals surface area contributed by atoms with Crippen molar-refractivity contribution < 1.29 is 4.42 Å². The van der Waals surface area contributed by atoms with Crippen LogP contribution in [-0.4, -0.2) is 19.4 Å². The van der Waals surface area contributed by atoms with Crippen LogP contribution in [0, 0.1) is 0 Å². The zero-order valence-corrected chi connectivity index (χ0v) is 28.9. The fourth-order valence-electron chi connectivity index (χ4n) is 8.39. The number of fused-ring (bicyclic) bond motifs is 14. The summed E-state index contributed by atoms with van der Waals surface area (Å²) in [5.74, 6) is 0. The third-order valence-electron chi connectivity index (χ3n) is 10.9. The maximum atomic E-state index is 6.32. The van der Waals surface area contributed by atoms with Crippen LogP contribution in [0.25, 0.3) is 116 Å². The number of rotatable bonds is 3. The smallest absolute Gasteiger partial charge is 0.152 e. The SMILES string of the molecule is c1ccc(-c2nc3ccc4ccc(-c5ccc6c(c5)c5ccccc5c5nc7cc8c(cn7c65)oc5ccccc58)cc4c3nc2-c2ccccc2)cc1. The molecule has 0 N–H and O–H groups in total. The molecule has 0 spiro atoms. The van der Waals surface area contributed by atoms with E-state index in [0.717, 1.165) is 105 Å². The van der Waals surface area contributed by atoms with Gasteiger partial charge in [0.2, 0.25) is 0 Å². The molecule has 0 unspecified atom stereocenters. The fraction of sp³-hybridized carbons (Fsp3) is 0. The molecule has 0 amide bonds. The van der Waals surface area contributed by atoms with Gasteiger partial charge in [0, 0.05) is 38.1 Å². The summed E-state index contributed by atoms with van der Waals surface area (Å²) in [5, 5.41) is 9.01. The van der Waals surface area contributed by atoms with Gasteiger partial charge in [-0.05, 0) is 57.6 Å². The van der Waals surface area contributed by atoms with Crippen molar-refractivity contribution in [3.63, 3.8) is 0 Å². The first-order valence-corrected chi connectivity index (χ1v) is 18.2. The Labute approximate surface area is 308 Å². The molecule has 4 heterocycles. The zero-order chi connectivity index (χ0) is 35.3. The van der Waals surface area contributed by atoms with Gasteiger partial charge in [0.15, 0.2) is 5.58 Å². The first-order valence-electron chi connectivity index (χ1n) is 18.2. The molecule has 0 saturated carbocycles. The molecule has 12 rings (SSSR count). The monoisotopic (exact) mass is 688 g/mol. The Bertz CT molecular complexity index is 3490. The molecule has 0 atom stereocenters. The van der Waals surface area contributed by atoms with E-state index in [2.05, 4.69) is 150 Å². The van der Waals surface area contributed by atoms with Crippen molar-refractivity contribution in [1.82, 2.24) is 19.4 Å². The number of benzene rings is 8. The van der Waals surface area contributed by atoms with E-state index in [1.54, 1.807) is 0 Å². The molecule has 0 saturated heterocycles. The molecule has 0 aliphatic carbocycles. The second kappa shape index (κ2) is 11.1. The molecule has 0 aliphatic heterocycles. The molecule has 0 fully saturated rings. The fourth-order valence-corrected chi connectivity index (χ4v) is 8.39. The normalized spacial score (nSPS) is 12.1. The highest BCUT2D eigenvalue weighted by Gasteiger charge is 2.19. The van der Waals surface area contributed by atoms with Crippen LogP contribution in [0.4, 0.5) is 0 Å². The Balaban J connectivity index is 1.09. The van der Waals surface area contributed by atoms with E-state index in [1.807, 2.05) is 24.3 Å². The number of hydrogen-bond acceptors (Lipinski definition) is 4. The first kappa shape index (κ1) is 29.2. The minimum atomic E-state index is 0.846. The number of pyridine rings is 1. The number of hydrogen-bond donors (Lipinski definition) is 0. The van der Waals surface area contributed by atoms with Crippen LogP contribution in [-0.2, 0) is 0 Å². The number of nitrogens with zero attached hydrogens (tertiary/aromatic N) is 4. The molecule has 0 radical (unpaired) electrons. The van der Waals surface area contributed by atoms with E-state index in [1.165, 1.54) is 10.8 Å². The van der Waals surface area contributed by atoms with Crippen LogP contribution in [0.5, 0.6) is 0 Å². The van der Waals surface area contributed by atoms with Gasteiger partial charge in [-0.15, -0.1) is 0 Å². The van der Waals surface area contributed by atoms with Crippen molar-refractivity contribution >= 4 is 82.0 Å². The third kappa shape index (κ3) is 4.24. The summed E-state index contributed by atoms with van der Waals surface area (Å²) < 4.78 is 8.52. The molecular formula is C49H28N4O. The zero-order valence-electron chi connectivity index (χ0n) is 28.9. The second-order valence-electron chi connectivity index (χ2n) is 14.0. The minimum Gasteiger partial charge on any atom is -0.455 e. The predicted molar refractivity (Wildman–Crippen MR) is 222 cm³/mol. The lowest BCUT2D eigenvalue weighted by Gasteiger charge is -2.13. The lowest BCUT2D eigenvalue weighted by Crippen LogP contribution is -1.96. The van der Waals surface area contributed by atoms with Gasteiger partial charge < -0.3 is 4.42 Å². The molecule has 8 aromatic carbocycles. The van der Waals surface area contributed by atoms with Crippen molar-refractivity contribution in [2.24, 2.45) is 0 Å². The predicted octanol–water partition coefficient (Wildman–Crippen LogP) is 12.8. The van der Waals surface area contributed by atoms with E-state index in [-0.39, 0.29) is 0 Å². The van der Waals surface area contributed by atoms with E-state index in [0.29, 0.717) is 0 Å². The summed E-state index contributed by atoms with van der Waals surface area (Å²) in [4.78, 5) is 15.9. The average molecular weight is 689 g/mol. The Kier molecular flexibility index (Phi) is 5.99. The number of aromatic nitrogens is 4.